The zero-order valence-electron chi connectivity index (χ0n) is 19.7. The van der Waals surface area contributed by atoms with E-state index < -0.39 is 0 Å². The monoisotopic (exact) mass is 445 g/mol. The minimum atomic E-state index is -0.242. The molecule has 1 atom stereocenters. The summed E-state index contributed by atoms with van der Waals surface area (Å²) in [6, 6.07) is 9.63. The van der Waals surface area contributed by atoms with Crippen LogP contribution in [-0.4, -0.2) is 56.1 Å². The van der Waals surface area contributed by atoms with Gasteiger partial charge in [-0.3, -0.25) is 4.79 Å². The number of benzene rings is 1. The first kappa shape index (κ1) is 22.8. The Labute approximate surface area is 194 Å². The van der Waals surface area contributed by atoms with E-state index in [4.69, 9.17) is 10.4 Å². The van der Waals surface area contributed by atoms with E-state index >= 15 is 0 Å². The standard InChI is InChI=1S/C25H31N7O/c1-16(31(3)4)14-21(26)24(33)18-8-10-19(11-9-18)29-25-27-13-12-22(30-25)23-15-28-17(2)32(23)20-6-5-7-20/h8-13,15-16,20,26H,5-7,14H2,1-4H3,(H,27,29,30)/t16-/m0/s1. The molecule has 33 heavy (non-hydrogen) atoms. The van der Waals surface area contributed by atoms with Gasteiger partial charge in [-0.05, 0) is 77.5 Å². The fraction of sp³-hybridized carbons (Fsp3) is 0.400. The van der Waals surface area contributed by atoms with Gasteiger partial charge in [-0.15, -0.1) is 0 Å². The average Bonchev–Trinajstić information content (AvgIpc) is 3.13. The van der Waals surface area contributed by atoms with Gasteiger partial charge >= 0.3 is 0 Å². The van der Waals surface area contributed by atoms with Gasteiger partial charge < -0.3 is 20.2 Å². The Kier molecular flexibility index (Phi) is 6.65. The van der Waals surface area contributed by atoms with Crippen LogP contribution in [0.3, 0.4) is 0 Å². The fourth-order valence-electron chi connectivity index (χ4n) is 3.89. The Morgan fingerprint density at radius 1 is 1.21 bits per heavy atom. The third-order valence-electron chi connectivity index (χ3n) is 6.40. The summed E-state index contributed by atoms with van der Waals surface area (Å²) in [7, 11) is 3.89. The van der Waals surface area contributed by atoms with E-state index in [2.05, 4.69) is 19.9 Å². The number of anilines is 2. The van der Waals surface area contributed by atoms with Crippen molar-refractivity contribution in [3.63, 3.8) is 0 Å². The fourth-order valence-corrected chi connectivity index (χ4v) is 3.89. The number of aromatic nitrogens is 4. The molecule has 1 aliphatic rings. The van der Waals surface area contributed by atoms with Gasteiger partial charge in [0.2, 0.25) is 11.7 Å². The Morgan fingerprint density at radius 3 is 2.58 bits per heavy atom. The molecule has 0 spiro atoms. The van der Waals surface area contributed by atoms with Gasteiger partial charge in [0.05, 0.1) is 23.3 Å². The molecule has 0 saturated heterocycles. The lowest BCUT2D eigenvalue weighted by atomic mass is 9.92. The van der Waals surface area contributed by atoms with Crippen molar-refractivity contribution in [1.82, 2.24) is 24.4 Å². The van der Waals surface area contributed by atoms with Crippen LogP contribution in [0.25, 0.3) is 11.4 Å². The summed E-state index contributed by atoms with van der Waals surface area (Å²) < 4.78 is 2.28. The predicted molar refractivity (Wildman–Crippen MR) is 130 cm³/mol. The second kappa shape index (κ2) is 9.62. The molecule has 1 aliphatic carbocycles. The van der Waals surface area contributed by atoms with Gasteiger partial charge in [-0.1, -0.05) is 0 Å². The highest BCUT2D eigenvalue weighted by atomic mass is 16.1. The van der Waals surface area contributed by atoms with Gasteiger partial charge in [0.15, 0.2) is 0 Å². The first-order valence-corrected chi connectivity index (χ1v) is 11.4. The maximum atomic E-state index is 12.6. The van der Waals surface area contributed by atoms with Crippen molar-refractivity contribution in [2.45, 2.75) is 51.6 Å². The number of Topliss-reactive ketones (excluding diaryl/α,β-unsaturated/α-hetero) is 1. The third kappa shape index (κ3) is 5.01. The Hall–Kier alpha value is -3.39. The second-order valence-corrected chi connectivity index (χ2v) is 8.94. The molecule has 2 N–H and O–H groups in total. The van der Waals surface area contributed by atoms with Crippen LogP contribution in [0.15, 0.2) is 42.7 Å². The number of nitrogens with zero attached hydrogens (tertiary/aromatic N) is 5. The van der Waals surface area contributed by atoms with Gasteiger partial charge in [-0.25, -0.2) is 15.0 Å². The molecular weight excluding hydrogens is 414 g/mol. The van der Waals surface area contributed by atoms with Gasteiger partial charge in [0.25, 0.3) is 0 Å². The third-order valence-corrected chi connectivity index (χ3v) is 6.40. The number of hydrogen-bond acceptors (Lipinski definition) is 7. The summed E-state index contributed by atoms with van der Waals surface area (Å²) in [6.45, 7) is 4.04. The molecule has 172 valence electrons. The van der Waals surface area contributed by atoms with E-state index in [0.717, 1.165) is 22.9 Å². The van der Waals surface area contributed by atoms with E-state index in [-0.39, 0.29) is 17.5 Å². The lowest BCUT2D eigenvalue weighted by Crippen LogP contribution is -2.29. The van der Waals surface area contributed by atoms with Crippen LogP contribution in [-0.2, 0) is 0 Å². The van der Waals surface area contributed by atoms with Crippen molar-refractivity contribution in [1.29, 1.82) is 5.41 Å². The lowest BCUT2D eigenvalue weighted by molar-refractivity contribution is 0.106. The molecule has 0 amide bonds. The predicted octanol–water partition coefficient (Wildman–Crippen LogP) is 4.66. The second-order valence-electron chi connectivity index (χ2n) is 8.94. The first-order chi connectivity index (χ1) is 15.8. The number of hydrogen-bond donors (Lipinski definition) is 2. The minimum Gasteiger partial charge on any atom is -0.324 e. The van der Waals surface area contributed by atoms with Gasteiger partial charge in [0, 0.05) is 36.0 Å². The van der Waals surface area contributed by atoms with Crippen LogP contribution in [0.4, 0.5) is 11.6 Å². The van der Waals surface area contributed by atoms with Crippen molar-refractivity contribution < 1.29 is 4.79 Å². The van der Waals surface area contributed by atoms with Crippen molar-refractivity contribution in [3.8, 4) is 11.4 Å². The smallest absolute Gasteiger partial charge is 0.227 e. The number of carbonyl (C=O) groups excluding carboxylic acids is 1. The summed E-state index contributed by atoms with van der Waals surface area (Å²) >= 11 is 0. The highest BCUT2D eigenvalue weighted by Gasteiger charge is 2.24. The molecular formula is C25H31N7O. The first-order valence-electron chi connectivity index (χ1n) is 11.4. The number of ketones is 1. The van der Waals surface area contributed by atoms with E-state index in [1.165, 1.54) is 19.3 Å². The molecule has 2 heterocycles. The Balaban J connectivity index is 1.46. The van der Waals surface area contributed by atoms with Crippen LogP contribution < -0.4 is 5.32 Å². The molecule has 8 nitrogen and oxygen atoms in total. The molecule has 3 aromatic rings. The number of carbonyl (C=O) groups is 1. The summed E-state index contributed by atoms with van der Waals surface area (Å²) in [6.07, 6.45) is 7.65. The topological polar surface area (TPSA) is 99.8 Å². The number of nitrogens with one attached hydrogen (secondary N) is 2. The zero-order valence-corrected chi connectivity index (χ0v) is 19.7. The van der Waals surface area contributed by atoms with Crippen LogP contribution in [0.2, 0.25) is 0 Å². The lowest BCUT2D eigenvalue weighted by Gasteiger charge is -2.29. The van der Waals surface area contributed by atoms with E-state index in [1.54, 1.807) is 18.3 Å². The van der Waals surface area contributed by atoms with E-state index in [0.29, 0.717) is 24.0 Å². The molecule has 1 aromatic carbocycles. The molecule has 4 rings (SSSR count). The van der Waals surface area contributed by atoms with Crippen LogP contribution in [0, 0.1) is 12.3 Å². The normalized spacial score (nSPS) is 14.7. The SMILES string of the molecule is Cc1ncc(-c2ccnc(Nc3ccc(C(=O)C(=N)C[C@H](C)N(C)C)cc3)n2)n1C1CCC1. The van der Waals surface area contributed by atoms with Crippen LogP contribution >= 0.6 is 0 Å². The molecule has 2 aromatic heterocycles. The van der Waals surface area contributed by atoms with Crippen molar-refractivity contribution in [3.05, 3.63) is 54.1 Å². The molecule has 8 heteroatoms. The number of rotatable bonds is 9. The molecule has 0 aliphatic heterocycles. The highest BCUT2D eigenvalue weighted by Crippen LogP contribution is 2.36. The Bertz CT molecular complexity index is 1150. The zero-order chi connectivity index (χ0) is 23.5. The van der Waals surface area contributed by atoms with Crippen LogP contribution in [0.1, 0.15) is 54.8 Å². The Morgan fingerprint density at radius 2 is 1.94 bits per heavy atom. The summed E-state index contributed by atoms with van der Waals surface area (Å²) in [4.78, 5) is 28.2. The summed E-state index contributed by atoms with van der Waals surface area (Å²) in [5.74, 6) is 1.25. The van der Waals surface area contributed by atoms with Crippen molar-refractivity contribution in [2.75, 3.05) is 19.4 Å². The number of aryl methyl sites for hydroxylation is 1. The average molecular weight is 446 g/mol. The maximum Gasteiger partial charge on any atom is 0.227 e. The van der Waals surface area contributed by atoms with Gasteiger partial charge in [0.1, 0.15) is 5.82 Å². The molecule has 0 bridgehead atoms. The minimum absolute atomic E-state index is 0.117. The quantitative estimate of drug-likeness (QED) is 0.367. The van der Waals surface area contributed by atoms with Crippen molar-refractivity contribution >= 4 is 23.1 Å². The molecule has 0 unspecified atom stereocenters. The van der Waals surface area contributed by atoms with Crippen molar-refractivity contribution in [2.24, 2.45) is 0 Å². The number of imidazole rings is 1. The van der Waals surface area contributed by atoms with Gasteiger partial charge in [-0.2, -0.15) is 0 Å². The van der Waals surface area contributed by atoms with Crippen LogP contribution in [0.5, 0.6) is 0 Å². The summed E-state index contributed by atoms with van der Waals surface area (Å²) in [5.41, 5.74) is 3.24. The van der Waals surface area contributed by atoms with E-state index in [9.17, 15) is 4.79 Å². The largest absolute Gasteiger partial charge is 0.324 e. The molecule has 1 saturated carbocycles. The summed E-state index contributed by atoms with van der Waals surface area (Å²) in [5, 5.41) is 11.4. The maximum absolute atomic E-state index is 12.6. The molecule has 1 fully saturated rings. The van der Waals surface area contributed by atoms with E-state index in [1.807, 2.05) is 57.2 Å². The highest BCUT2D eigenvalue weighted by molar-refractivity contribution is 6.45. The molecule has 0 radical (unpaired) electrons.